The van der Waals surface area contributed by atoms with Crippen molar-refractivity contribution in [1.82, 2.24) is 0 Å². The highest BCUT2D eigenvalue weighted by Crippen LogP contribution is 2.47. The molecular formula is C52H46O4. The molecule has 278 valence electrons. The summed E-state index contributed by atoms with van der Waals surface area (Å²) in [4.78, 5) is 0. The van der Waals surface area contributed by atoms with Crippen molar-refractivity contribution in [3.63, 3.8) is 0 Å². The van der Waals surface area contributed by atoms with Crippen molar-refractivity contribution < 1.29 is 18.9 Å². The molecule has 4 heteroatoms. The lowest BCUT2D eigenvalue weighted by molar-refractivity contribution is 0.363. The molecule has 4 nitrogen and oxygen atoms in total. The van der Waals surface area contributed by atoms with Gasteiger partial charge in [0.2, 0.25) is 0 Å². The first kappa shape index (κ1) is 37.5. The number of ether oxygens (including phenoxy) is 4. The van der Waals surface area contributed by atoms with Gasteiger partial charge < -0.3 is 18.9 Å². The molecule has 7 aromatic carbocycles. The van der Waals surface area contributed by atoms with Gasteiger partial charge in [-0.05, 0) is 103 Å². The van der Waals surface area contributed by atoms with Crippen molar-refractivity contribution in [2.75, 3.05) is 26.4 Å². The van der Waals surface area contributed by atoms with E-state index < -0.39 is 0 Å². The fraction of sp³-hybridized carbons (Fsp3) is 0.115. The van der Waals surface area contributed by atoms with Gasteiger partial charge in [-0.2, -0.15) is 0 Å². The maximum absolute atomic E-state index is 5.91. The quantitative estimate of drug-likeness (QED) is 0.0500. The van der Waals surface area contributed by atoms with E-state index in [0.717, 1.165) is 45.3 Å². The van der Waals surface area contributed by atoms with Crippen LogP contribution in [0.15, 0.2) is 196 Å². The van der Waals surface area contributed by atoms with Crippen LogP contribution in [0.4, 0.5) is 0 Å². The Morgan fingerprint density at radius 3 is 0.732 bits per heavy atom. The summed E-state index contributed by atoms with van der Waals surface area (Å²) in [6.45, 7) is 17.0. The average molecular weight is 735 g/mol. The Balaban J connectivity index is 1.48. The first-order valence-electron chi connectivity index (χ1n) is 18.9. The smallest absolute Gasteiger partial charge is 0.119 e. The summed E-state index contributed by atoms with van der Waals surface area (Å²) in [7, 11) is 0. The molecule has 56 heavy (non-hydrogen) atoms. The molecule has 7 rings (SSSR count). The Hall–Kier alpha value is -6.78. The fourth-order valence-corrected chi connectivity index (χ4v) is 7.52. The van der Waals surface area contributed by atoms with E-state index in [9.17, 15) is 0 Å². The summed E-state index contributed by atoms with van der Waals surface area (Å²) >= 11 is 0. The van der Waals surface area contributed by atoms with Gasteiger partial charge in [0.1, 0.15) is 49.4 Å². The highest BCUT2D eigenvalue weighted by Gasteiger charge is 2.28. The van der Waals surface area contributed by atoms with Crippen LogP contribution in [-0.4, -0.2) is 26.4 Å². The predicted molar refractivity (Wildman–Crippen MR) is 232 cm³/mol. The van der Waals surface area contributed by atoms with E-state index in [-0.39, 0.29) is 11.8 Å². The maximum atomic E-state index is 5.91. The predicted octanol–water partition coefficient (Wildman–Crippen LogP) is 12.6. The summed E-state index contributed by atoms with van der Waals surface area (Å²) in [5.41, 5.74) is 7.08. The molecule has 0 amide bonds. The van der Waals surface area contributed by atoms with Crippen LogP contribution in [0, 0.1) is 0 Å². The minimum atomic E-state index is -0.109. The van der Waals surface area contributed by atoms with Gasteiger partial charge in [-0.25, -0.2) is 0 Å². The Kier molecular flexibility index (Phi) is 12.1. The molecule has 0 aliphatic rings. The zero-order chi connectivity index (χ0) is 38.7. The van der Waals surface area contributed by atoms with Crippen LogP contribution < -0.4 is 18.9 Å². The number of hydrogen-bond acceptors (Lipinski definition) is 4. The summed E-state index contributed by atoms with van der Waals surface area (Å²) in [5.74, 6) is 2.99. The van der Waals surface area contributed by atoms with Gasteiger partial charge in [-0.3, -0.25) is 0 Å². The molecule has 0 aromatic heterocycles. The third-order valence-corrected chi connectivity index (χ3v) is 9.92. The molecule has 0 unspecified atom stereocenters. The molecule has 0 atom stereocenters. The van der Waals surface area contributed by atoms with Crippen LogP contribution >= 0.6 is 0 Å². The highest BCUT2D eigenvalue weighted by molar-refractivity contribution is 6.08. The van der Waals surface area contributed by atoms with Crippen LogP contribution in [0.2, 0.25) is 0 Å². The van der Waals surface area contributed by atoms with E-state index in [1.807, 2.05) is 48.5 Å². The Labute approximate surface area is 330 Å². The van der Waals surface area contributed by atoms with Gasteiger partial charge in [-0.15, -0.1) is 0 Å². The Bertz CT molecular complexity index is 2080. The van der Waals surface area contributed by atoms with Crippen molar-refractivity contribution >= 4 is 21.5 Å². The third kappa shape index (κ3) is 8.15. The summed E-state index contributed by atoms with van der Waals surface area (Å²) in [5, 5.41) is 4.75. The van der Waals surface area contributed by atoms with E-state index >= 15 is 0 Å². The van der Waals surface area contributed by atoms with Gasteiger partial charge in [0, 0.05) is 11.8 Å². The van der Waals surface area contributed by atoms with Gasteiger partial charge in [-0.1, -0.05) is 148 Å². The maximum Gasteiger partial charge on any atom is 0.119 e. The van der Waals surface area contributed by atoms with E-state index in [0.29, 0.717) is 26.4 Å². The van der Waals surface area contributed by atoms with Crippen molar-refractivity contribution in [2.24, 2.45) is 0 Å². The van der Waals surface area contributed by atoms with Crippen molar-refractivity contribution in [3.8, 4) is 23.0 Å². The largest absolute Gasteiger partial charge is 0.490 e. The molecular weight excluding hydrogens is 689 g/mol. The normalized spacial score (nSPS) is 11.0. The second-order valence-electron chi connectivity index (χ2n) is 13.5. The molecule has 0 aliphatic heterocycles. The SMILES string of the molecule is C=CCOc1ccc(C(c2ccc(OCC=C)cc2)c2c3ccccc3c(C(c3ccc(OCC=C)cc3)c3ccc(OCC=C)cc3)c3ccccc23)cc1. The molecule has 0 saturated carbocycles. The van der Waals surface area contributed by atoms with Gasteiger partial charge in [0.15, 0.2) is 0 Å². The molecule has 0 bridgehead atoms. The lowest BCUT2D eigenvalue weighted by Gasteiger charge is -2.28. The van der Waals surface area contributed by atoms with E-state index in [1.165, 1.54) is 32.7 Å². The second-order valence-corrected chi connectivity index (χ2v) is 13.5. The van der Waals surface area contributed by atoms with Gasteiger partial charge in [0.05, 0.1) is 0 Å². The van der Waals surface area contributed by atoms with E-state index in [1.54, 1.807) is 24.3 Å². The van der Waals surface area contributed by atoms with Crippen LogP contribution in [-0.2, 0) is 0 Å². The molecule has 0 radical (unpaired) electrons. The van der Waals surface area contributed by atoms with Crippen molar-refractivity contribution in [2.45, 2.75) is 11.8 Å². The molecule has 0 spiro atoms. The number of fused-ring (bicyclic) bond motifs is 2. The molecule has 0 N–H and O–H groups in total. The second kappa shape index (κ2) is 18.0. The summed E-state index contributed by atoms with van der Waals surface area (Å²) in [6.07, 6.45) is 7.04. The van der Waals surface area contributed by atoms with Crippen LogP contribution in [0.3, 0.4) is 0 Å². The topological polar surface area (TPSA) is 36.9 Å². The molecule has 0 heterocycles. The first-order chi connectivity index (χ1) is 27.6. The molecule has 0 aliphatic carbocycles. The number of benzene rings is 7. The van der Waals surface area contributed by atoms with Gasteiger partial charge >= 0.3 is 0 Å². The van der Waals surface area contributed by atoms with Crippen LogP contribution in [0.1, 0.15) is 45.2 Å². The number of hydrogen-bond donors (Lipinski definition) is 0. The van der Waals surface area contributed by atoms with E-state index in [4.69, 9.17) is 18.9 Å². The highest BCUT2D eigenvalue weighted by atomic mass is 16.5. The van der Waals surface area contributed by atoms with E-state index in [2.05, 4.69) is 123 Å². The minimum Gasteiger partial charge on any atom is -0.490 e. The van der Waals surface area contributed by atoms with Crippen LogP contribution in [0.25, 0.3) is 21.5 Å². The lowest BCUT2D eigenvalue weighted by Crippen LogP contribution is -2.10. The number of rotatable bonds is 18. The first-order valence-corrected chi connectivity index (χ1v) is 18.9. The average Bonchev–Trinajstić information content (AvgIpc) is 3.26. The Morgan fingerprint density at radius 2 is 0.536 bits per heavy atom. The standard InChI is InChI=1S/C52H46O4/c1-5-33-53-41-25-17-37(18-26-41)49(38-19-27-42(28-20-38)54-34-6-2)51-45-13-9-11-15-47(45)52(48-16-12-10-14-46(48)51)50(39-21-29-43(30-22-39)55-35-7-3)40-23-31-44(32-24-40)56-36-8-4/h5-32,49-50H,1-4,33-36H2. The molecule has 0 saturated heterocycles. The zero-order valence-electron chi connectivity index (χ0n) is 31.6. The fourth-order valence-electron chi connectivity index (χ4n) is 7.52. The molecule has 0 fully saturated rings. The van der Waals surface area contributed by atoms with Crippen molar-refractivity contribution in [3.05, 3.63) is 230 Å². The monoisotopic (exact) mass is 734 g/mol. The Morgan fingerprint density at radius 1 is 0.321 bits per heavy atom. The summed E-state index contributed by atoms with van der Waals surface area (Å²) in [6, 6.07) is 51.5. The lowest BCUT2D eigenvalue weighted by atomic mass is 9.75. The van der Waals surface area contributed by atoms with Gasteiger partial charge in [0.25, 0.3) is 0 Å². The third-order valence-electron chi connectivity index (χ3n) is 9.92. The minimum absolute atomic E-state index is 0.109. The van der Waals surface area contributed by atoms with Crippen molar-refractivity contribution in [1.29, 1.82) is 0 Å². The summed E-state index contributed by atoms with van der Waals surface area (Å²) < 4.78 is 23.6. The zero-order valence-corrected chi connectivity index (χ0v) is 31.6. The van der Waals surface area contributed by atoms with Crippen LogP contribution in [0.5, 0.6) is 23.0 Å². The molecule has 7 aromatic rings.